The van der Waals surface area contributed by atoms with E-state index >= 15 is 0 Å². The Balaban J connectivity index is 1.89. The molecule has 0 aliphatic carbocycles. The summed E-state index contributed by atoms with van der Waals surface area (Å²) in [5.41, 5.74) is -0.442. The lowest BCUT2D eigenvalue weighted by atomic mass is 9.97. The Bertz CT molecular complexity index is 716. The number of rotatable bonds is 5. The highest BCUT2D eigenvalue weighted by molar-refractivity contribution is 5.33. The third-order valence-electron chi connectivity index (χ3n) is 4.48. The summed E-state index contributed by atoms with van der Waals surface area (Å²) < 4.78 is 41.8. The molecule has 1 aromatic heterocycles. The summed E-state index contributed by atoms with van der Waals surface area (Å²) in [6, 6.07) is 5.08. The molecule has 136 valence electrons. The number of halogens is 3. The second kappa shape index (κ2) is 7.13. The number of hydrogen-bond donors (Lipinski definition) is 1. The van der Waals surface area contributed by atoms with E-state index in [1.165, 1.54) is 18.5 Å². The zero-order chi connectivity index (χ0) is 18.0. The topological polar surface area (TPSA) is 54.2 Å². The van der Waals surface area contributed by atoms with E-state index in [-0.39, 0.29) is 12.0 Å². The molecule has 0 amide bonds. The zero-order valence-electron chi connectivity index (χ0n) is 13.9. The molecule has 0 saturated carbocycles. The molecule has 5 nitrogen and oxygen atoms in total. The maximum Gasteiger partial charge on any atom is 0.416 e. The molecule has 1 aliphatic heterocycles. The lowest BCUT2D eigenvalue weighted by molar-refractivity contribution is -0.138. The van der Waals surface area contributed by atoms with Crippen LogP contribution in [0.4, 0.5) is 13.2 Å². The summed E-state index contributed by atoms with van der Waals surface area (Å²) >= 11 is 0. The predicted molar refractivity (Wildman–Crippen MR) is 85.5 cm³/mol. The zero-order valence-corrected chi connectivity index (χ0v) is 13.9. The summed E-state index contributed by atoms with van der Waals surface area (Å²) in [7, 11) is 0. The monoisotopic (exact) mass is 354 g/mol. The lowest BCUT2D eigenvalue weighted by Crippen LogP contribution is -2.27. The molecule has 2 heterocycles. The number of β-amino-alcohol motifs (C(OH)–C–C–N with tert-alkyl or cyclic N) is 1. The van der Waals surface area contributed by atoms with Gasteiger partial charge in [-0.05, 0) is 24.5 Å². The fourth-order valence-electron chi connectivity index (χ4n) is 3.41. The van der Waals surface area contributed by atoms with Gasteiger partial charge in [0.1, 0.15) is 12.2 Å². The van der Waals surface area contributed by atoms with Crippen LogP contribution in [-0.4, -0.2) is 37.4 Å². The summed E-state index contributed by atoms with van der Waals surface area (Å²) in [5, 5.41) is 14.2. The first-order valence-electron chi connectivity index (χ1n) is 8.35. The maximum atomic E-state index is 13.4. The minimum atomic E-state index is -4.42. The largest absolute Gasteiger partial charge is 0.416 e. The number of aryl methyl sites for hydroxylation is 1. The van der Waals surface area contributed by atoms with E-state index in [0.29, 0.717) is 25.5 Å². The molecule has 1 aliphatic rings. The van der Waals surface area contributed by atoms with Crippen molar-refractivity contribution in [3.8, 4) is 0 Å². The number of hydrogen-bond acceptors (Lipinski definition) is 4. The molecule has 3 rings (SSSR count). The quantitative estimate of drug-likeness (QED) is 0.897. The van der Waals surface area contributed by atoms with Crippen molar-refractivity contribution >= 4 is 0 Å². The van der Waals surface area contributed by atoms with Gasteiger partial charge in [-0.3, -0.25) is 4.90 Å². The lowest BCUT2D eigenvalue weighted by Gasteiger charge is -2.26. The third kappa shape index (κ3) is 3.85. The maximum absolute atomic E-state index is 13.4. The molecular formula is C17H21F3N4O. The number of aliphatic hydroxyl groups excluding tert-OH is 1. The Morgan fingerprint density at radius 3 is 2.76 bits per heavy atom. The first-order chi connectivity index (χ1) is 11.9. The molecule has 0 radical (unpaired) electrons. The van der Waals surface area contributed by atoms with Crippen molar-refractivity contribution in [2.45, 2.75) is 51.2 Å². The molecular weight excluding hydrogens is 333 g/mol. The summed E-state index contributed by atoms with van der Waals surface area (Å²) in [6.45, 7) is 3.40. The summed E-state index contributed by atoms with van der Waals surface area (Å²) in [6.07, 6.45) is -2.46. The van der Waals surface area contributed by atoms with Gasteiger partial charge in [0, 0.05) is 19.1 Å². The number of aromatic nitrogens is 3. The van der Waals surface area contributed by atoms with Gasteiger partial charge in [0.25, 0.3) is 0 Å². The first-order valence-corrected chi connectivity index (χ1v) is 8.35. The Labute approximate surface area is 144 Å². The average Bonchev–Trinajstić information content (AvgIpc) is 3.14. The van der Waals surface area contributed by atoms with Crippen molar-refractivity contribution in [2.24, 2.45) is 0 Å². The molecule has 0 bridgehead atoms. The van der Waals surface area contributed by atoms with E-state index in [1.807, 2.05) is 11.8 Å². The van der Waals surface area contributed by atoms with E-state index in [9.17, 15) is 18.3 Å². The molecule has 1 fully saturated rings. The van der Waals surface area contributed by atoms with Crippen LogP contribution in [0.2, 0.25) is 0 Å². The van der Waals surface area contributed by atoms with Crippen LogP contribution < -0.4 is 0 Å². The van der Waals surface area contributed by atoms with Crippen molar-refractivity contribution in [1.29, 1.82) is 0 Å². The Morgan fingerprint density at radius 2 is 2.04 bits per heavy atom. The fraction of sp³-hybridized carbons (Fsp3) is 0.529. The van der Waals surface area contributed by atoms with E-state index < -0.39 is 23.9 Å². The standard InChI is InChI=1S/C17H21F3N4O/c1-2-7-24-16(21-11-22-24)10-23-9-12(25)8-15(23)13-5-3-4-6-14(13)17(18,19)20/h3-6,11-12,15,25H,2,7-10H2,1H3/t12-,15-/m1/s1. The normalized spacial score (nSPS) is 21.8. The van der Waals surface area contributed by atoms with Gasteiger partial charge in [0.2, 0.25) is 0 Å². The molecule has 2 aromatic rings. The number of alkyl halides is 3. The van der Waals surface area contributed by atoms with Crippen molar-refractivity contribution in [1.82, 2.24) is 19.7 Å². The highest BCUT2D eigenvalue weighted by Crippen LogP contribution is 2.40. The van der Waals surface area contributed by atoms with Crippen molar-refractivity contribution in [3.63, 3.8) is 0 Å². The molecule has 1 aromatic carbocycles. The predicted octanol–water partition coefficient (Wildman–Crippen LogP) is 3.01. The molecule has 25 heavy (non-hydrogen) atoms. The van der Waals surface area contributed by atoms with Crippen LogP contribution in [0.1, 0.15) is 42.8 Å². The van der Waals surface area contributed by atoms with E-state index in [4.69, 9.17) is 0 Å². The second-order valence-electron chi connectivity index (χ2n) is 6.32. The molecule has 1 N–H and O–H groups in total. The fourth-order valence-corrected chi connectivity index (χ4v) is 3.41. The van der Waals surface area contributed by atoms with Gasteiger partial charge in [-0.2, -0.15) is 18.3 Å². The van der Waals surface area contributed by atoms with Gasteiger partial charge in [0.15, 0.2) is 0 Å². The molecule has 8 heteroatoms. The van der Waals surface area contributed by atoms with Gasteiger partial charge >= 0.3 is 6.18 Å². The molecule has 0 unspecified atom stereocenters. The SMILES string of the molecule is CCCn1ncnc1CN1C[C@H](O)C[C@@H]1c1ccccc1C(F)(F)F. The second-order valence-corrected chi connectivity index (χ2v) is 6.32. The van der Waals surface area contributed by atoms with E-state index in [0.717, 1.165) is 12.5 Å². The molecule has 0 spiro atoms. The Morgan fingerprint density at radius 1 is 1.28 bits per heavy atom. The first kappa shape index (κ1) is 17.9. The summed E-state index contributed by atoms with van der Waals surface area (Å²) in [4.78, 5) is 6.08. The third-order valence-corrected chi connectivity index (χ3v) is 4.48. The van der Waals surface area contributed by atoms with Crippen LogP contribution in [0, 0.1) is 0 Å². The number of benzene rings is 1. The minimum absolute atomic E-state index is 0.202. The number of nitrogens with zero attached hydrogens (tertiary/aromatic N) is 4. The van der Waals surface area contributed by atoms with Crippen molar-refractivity contribution < 1.29 is 18.3 Å². The van der Waals surface area contributed by atoms with E-state index in [2.05, 4.69) is 10.1 Å². The molecule has 2 atom stereocenters. The van der Waals surface area contributed by atoms with Crippen molar-refractivity contribution in [3.05, 3.63) is 47.5 Å². The van der Waals surface area contributed by atoms with Crippen LogP contribution in [-0.2, 0) is 19.3 Å². The number of likely N-dealkylation sites (tertiary alicyclic amines) is 1. The Kier molecular flexibility index (Phi) is 5.10. The smallest absolute Gasteiger partial charge is 0.392 e. The van der Waals surface area contributed by atoms with Crippen LogP contribution in [0.15, 0.2) is 30.6 Å². The van der Waals surface area contributed by atoms with Gasteiger partial charge in [-0.1, -0.05) is 25.1 Å². The minimum Gasteiger partial charge on any atom is -0.392 e. The highest BCUT2D eigenvalue weighted by Gasteiger charge is 2.40. The Hall–Kier alpha value is -1.93. The number of aliphatic hydroxyl groups is 1. The van der Waals surface area contributed by atoms with Crippen LogP contribution >= 0.6 is 0 Å². The average molecular weight is 354 g/mol. The van der Waals surface area contributed by atoms with Gasteiger partial charge < -0.3 is 5.11 Å². The van der Waals surface area contributed by atoms with Gasteiger partial charge in [-0.25, -0.2) is 9.67 Å². The molecule has 1 saturated heterocycles. The van der Waals surface area contributed by atoms with Gasteiger partial charge in [0.05, 0.1) is 18.2 Å². The van der Waals surface area contributed by atoms with Crippen molar-refractivity contribution in [2.75, 3.05) is 6.54 Å². The van der Waals surface area contributed by atoms with E-state index in [1.54, 1.807) is 10.7 Å². The van der Waals surface area contributed by atoms with Crippen LogP contribution in [0.25, 0.3) is 0 Å². The van der Waals surface area contributed by atoms with Crippen LogP contribution in [0.3, 0.4) is 0 Å². The van der Waals surface area contributed by atoms with Gasteiger partial charge in [-0.15, -0.1) is 0 Å². The summed E-state index contributed by atoms with van der Waals surface area (Å²) in [5.74, 6) is 0.699. The van der Waals surface area contributed by atoms with Crippen LogP contribution in [0.5, 0.6) is 0 Å². The highest BCUT2D eigenvalue weighted by atomic mass is 19.4.